The van der Waals surface area contributed by atoms with Crippen molar-refractivity contribution in [2.45, 2.75) is 45.7 Å². The number of thioether (sulfide) groups is 1. The fourth-order valence-electron chi connectivity index (χ4n) is 3.78. The summed E-state index contributed by atoms with van der Waals surface area (Å²) in [4.78, 5) is 33.2. The fourth-order valence-corrected chi connectivity index (χ4v) is 6.04. The molecule has 0 saturated heterocycles. The molecule has 0 spiro atoms. The molecule has 5 nitrogen and oxygen atoms in total. The minimum absolute atomic E-state index is 0.124. The van der Waals surface area contributed by atoms with E-state index in [0.717, 1.165) is 35.2 Å². The maximum Gasteiger partial charge on any atom is 0.267 e. The van der Waals surface area contributed by atoms with E-state index in [9.17, 15) is 9.59 Å². The SMILES string of the molecule is CCCc1sc2nc(SCC(=O)Nc3cc(C)ccc3C)n(-c3ccc(Cl)cc3)c(=O)c2c1C. The van der Waals surface area contributed by atoms with E-state index in [4.69, 9.17) is 16.6 Å². The lowest BCUT2D eigenvalue weighted by molar-refractivity contribution is -0.113. The molecule has 8 heteroatoms. The van der Waals surface area contributed by atoms with Gasteiger partial charge in [-0.2, -0.15) is 0 Å². The summed E-state index contributed by atoms with van der Waals surface area (Å²) >= 11 is 8.90. The molecule has 4 aromatic rings. The van der Waals surface area contributed by atoms with Crippen molar-refractivity contribution in [2.24, 2.45) is 0 Å². The smallest absolute Gasteiger partial charge is 0.267 e. The third-order valence-electron chi connectivity index (χ3n) is 5.59. The van der Waals surface area contributed by atoms with Gasteiger partial charge in [-0.25, -0.2) is 4.98 Å². The quantitative estimate of drug-likeness (QED) is 0.221. The van der Waals surface area contributed by atoms with Gasteiger partial charge < -0.3 is 5.32 Å². The van der Waals surface area contributed by atoms with E-state index in [0.29, 0.717) is 26.1 Å². The normalized spacial score (nSPS) is 11.2. The van der Waals surface area contributed by atoms with Gasteiger partial charge >= 0.3 is 0 Å². The number of nitrogens with one attached hydrogen (secondary N) is 1. The summed E-state index contributed by atoms with van der Waals surface area (Å²) in [5.74, 6) is -0.0183. The van der Waals surface area contributed by atoms with Gasteiger partial charge in [0, 0.05) is 15.6 Å². The van der Waals surface area contributed by atoms with Crippen LogP contribution in [0, 0.1) is 20.8 Å². The van der Waals surface area contributed by atoms with Crippen LogP contribution in [0.2, 0.25) is 5.02 Å². The first-order chi connectivity index (χ1) is 16.3. The van der Waals surface area contributed by atoms with Crippen LogP contribution in [-0.4, -0.2) is 21.2 Å². The largest absolute Gasteiger partial charge is 0.325 e. The molecule has 4 rings (SSSR count). The Bertz CT molecular complexity index is 1420. The van der Waals surface area contributed by atoms with Gasteiger partial charge in [0.1, 0.15) is 4.83 Å². The maximum absolute atomic E-state index is 13.7. The van der Waals surface area contributed by atoms with Crippen molar-refractivity contribution in [2.75, 3.05) is 11.1 Å². The molecule has 0 fully saturated rings. The van der Waals surface area contributed by atoms with Crippen molar-refractivity contribution in [1.82, 2.24) is 9.55 Å². The molecule has 1 N–H and O–H groups in total. The van der Waals surface area contributed by atoms with Crippen LogP contribution < -0.4 is 10.9 Å². The first-order valence-corrected chi connectivity index (χ1v) is 13.3. The Morgan fingerprint density at radius 2 is 1.88 bits per heavy atom. The zero-order valence-corrected chi connectivity index (χ0v) is 22.0. The van der Waals surface area contributed by atoms with Gasteiger partial charge in [-0.3, -0.25) is 14.2 Å². The molecule has 34 heavy (non-hydrogen) atoms. The predicted molar refractivity (Wildman–Crippen MR) is 144 cm³/mol. The summed E-state index contributed by atoms with van der Waals surface area (Å²) in [5.41, 5.74) is 4.41. The Morgan fingerprint density at radius 3 is 2.59 bits per heavy atom. The van der Waals surface area contributed by atoms with Crippen LogP contribution in [0.15, 0.2) is 52.4 Å². The number of nitrogens with zero attached hydrogens (tertiary/aromatic N) is 2. The van der Waals surface area contributed by atoms with Gasteiger partial charge in [-0.15, -0.1) is 11.3 Å². The van der Waals surface area contributed by atoms with Crippen LogP contribution in [0.3, 0.4) is 0 Å². The molecule has 2 aromatic carbocycles. The van der Waals surface area contributed by atoms with Crippen molar-refractivity contribution >= 4 is 56.5 Å². The molecule has 1 amide bonds. The predicted octanol–water partition coefficient (Wildman–Crippen LogP) is 6.71. The third kappa shape index (κ3) is 5.06. The third-order valence-corrected chi connectivity index (χ3v) is 8.03. The topological polar surface area (TPSA) is 64.0 Å². The van der Waals surface area contributed by atoms with E-state index in [2.05, 4.69) is 12.2 Å². The first-order valence-electron chi connectivity index (χ1n) is 11.1. The molecule has 0 radical (unpaired) electrons. The molecule has 0 aliphatic rings. The Balaban J connectivity index is 1.72. The van der Waals surface area contributed by atoms with Gasteiger partial charge in [0.05, 0.1) is 16.8 Å². The Kier molecular flexibility index (Phi) is 7.45. The Hall–Kier alpha value is -2.61. The van der Waals surface area contributed by atoms with Crippen molar-refractivity contribution in [1.29, 1.82) is 0 Å². The van der Waals surface area contributed by atoms with Crippen LogP contribution in [0.1, 0.15) is 34.9 Å². The molecule has 0 aliphatic carbocycles. The van der Waals surface area contributed by atoms with E-state index < -0.39 is 0 Å². The highest BCUT2D eigenvalue weighted by atomic mass is 35.5. The van der Waals surface area contributed by atoms with E-state index in [1.54, 1.807) is 40.2 Å². The lowest BCUT2D eigenvalue weighted by Gasteiger charge is -2.13. The van der Waals surface area contributed by atoms with Gasteiger partial charge in [-0.05, 0) is 74.2 Å². The van der Waals surface area contributed by atoms with Crippen LogP contribution in [0.25, 0.3) is 15.9 Å². The summed E-state index contributed by atoms with van der Waals surface area (Å²) in [5, 5.41) is 4.70. The molecule has 0 atom stereocenters. The lowest BCUT2D eigenvalue weighted by Crippen LogP contribution is -2.23. The second kappa shape index (κ2) is 10.3. The second-order valence-corrected chi connectivity index (χ2v) is 10.7. The molecule has 0 saturated carbocycles. The number of amides is 1. The lowest BCUT2D eigenvalue weighted by atomic mass is 10.1. The fraction of sp³-hybridized carbons (Fsp3) is 0.269. The molecule has 0 unspecified atom stereocenters. The number of hydrogen-bond donors (Lipinski definition) is 1. The highest BCUT2D eigenvalue weighted by molar-refractivity contribution is 7.99. The van der Waals surface area contributed by atoms with Crippen LogP contribution in [0.4, 0.5) is 5.69 Å². The van der Waals surface area contributed by atoms with Gasteiger partial charge in [0.25, 0.3) is 5.56 Å². The van der Waals surface area contributed by atoms with E-state index in [1.165, 1.54) is 16.6 Å². The number of anilines is 1. The van der Waals surface area contributed by atoms with Crippen molar-refractivity contribution in [3.8, 4) is 5.69 Å². The number of hydrogen-bond acceptors (Lipinski definition) is 5. The van der Waals surface area contributed by atoms with E-state index in [-0.39, 0.29) is 17.2 Å². The van der Waals surface area contributed by atoms with Gasteiger partial charge in [0.2, 0.25) is 5.91 Å². The summed E-state index contributed by atoms with van der Waals surface area (Å²) in [6.45, 7) is 8.06. The highest BCUT2D eigenvalue weighted by Gasteiger charge is 2.20. The van der Waals surface area contributed by atoms with Crippen molar-refractivity contribution in [3.63, 3.8) is 0 Å². The molecule has 176 valence electrons. The Labute approximate surface area is 212 Å². The molecular weight excluding hydrogens is 486 g/mol. The van der Waals surface area contributed by atoms with E-state index in [1.807, 2.05) is 39.0 Å². The molecule has 0 bridgehead atoms. The number of carbonyl (C=O) groups excluding carboxylic acids is 1. The first kappa shape index (κ1) is 24.5. The maximum atomic E-state index is 13.7. The number of halogens is 1. The average molecular weight is 512 g/mol. The molecule has 0 aliphatic heterocycles. The molecular formula is C26H26ClN3O2S2. The van der Waals surface area contributed by atoms with Gasteiger partial charge in [0.15, 0.2) is 5.16 Å². The zero-order chi connectivity index (χ0) is 24.4. The van der Waals surface area contributed by atoms with Gasteiger partial charge in [-0.1, -0.05) is 48.8 Å². The molecule has 2 aromatic heterocycles. The number of benzene rings is 2. The number of fused-ring (bicyclic) bond motifs is 1. The standard InChI is InChI=1S/C26H26ClN3O2S2/c1-5-6-21-17(4)23-24(34-21)29-26(30(25(23)32)19-11-9-18(27)10-12-19)33-14-22(31)28-20-13-15(2)7-8-16(20)3/h7-13H,5-6,14H2,1-4H3,(H,28,31). The monoisotopic (exact) mass is 511 g/mol. The van der Waals surface area contributed by atoms with Crippen LogP contribution in [-0.2, 0) is 11.2 Å². The van der Waals surface area contributed by atoms with E-state index >= 15 is 0 Å². The summed E-state index contributed by atoms with van der Waals surface area (Å²) in [6.07, 6.45) is 1.91. The second-order valence-electron chi connectivity index (χ2n) is 8.25. The number of rotatable bonds is 7. The Morgan fingerprint density at radius 1 is 1.15 bits per heavy atom. The van der Waals surface area contributed by atoms with Crippen molar-refractivity contribution in [3.05, 3.63) is 79.4 Å². The van der Waals surface area contributed by atoms with Crippen LogP contribution >= 0.6 is 34.7 Å². The number of aromatic nitrogens is 2. The minimum Gasteiger partial charge on any atom is -0.325 e. The average Bonchev–Trinajstić information content (AvgIpc) is 3.11. The minimum atomic E-state index is -0.148. The number of aryl methyl sites for hydroxylation is 4. The summed E-state index contributed by atoms with van der Waals surface area (Å²) in [7, 11) is 0. The summed E-state index contributed by atoms with van der Waals surface area (Å²) < 4.78 is 1.59. The number of carbonyl (C=O) groups is 1. The van der Waals surface area contributed by atoms with Crippen LogP contribution in [0.5, 0.6) is 0 Å². The zero-order valence-electron chi connectivity index (χ0n) is 19.6. The highest BCUT2D eigenvalue weighted by Crippen LogP contribution is 2.31. The molecule has 2 heterocycles. The number of thiophene rings is 1. The summed E-state index contributed by atoms with van der Waals surface area (Å²) in [6, 6.07) is 13.0. The van der Waals surface area contributed by atoms with Crippen molar-refractivity contribution < 1.29 is 4.79 Å².